The Hall–Kier alpha value is -3.16. The van der Waals surface area contributed by atoms with Gasteiger partial charge in [0, 0.05) is 12.6 Å². The summed E-state index contributed by atoms with van der Waals surface area (Å²) in [6.45, 7) is 1.72. The summed E-state index contributed by atoms with van der Waals surface area (Å²) in [5.74, 6) is -1.35. The minimum atomic E-state index is -1.25. The Bertz CT molecular complexity index is 849. The summed E-state index contributed by atoms with van der Waals surface area (Å²) in [4.78, 5) is 33.3. The molecule has 0 aliphatic rings. The average Bonchev–Trinajstić information content (AvgIpc) is 3.03. The van der Waals surface area contributed by atoms with Crippen LogP contribution in [0.15, 0.2) is 28.9 Å². The van der Waals surface area contributed by atoms with Crippen molar-refractivity contribution >= 4 is 28.7 Å². The highest BCUT2D eigenvalue weighted by Gasteiger charge is 2.19. The normalized spacial score (nSPS) is 10.7. The van der Waals surface area contributed by atoms with Crippen LogP contribution in [0.25, 0.3) is 11.1 Å². The lowest BCUT2D eigenvalue weighted by molar-refractivity contribution is 0.0686. The molecule has 3 N–H and O–H groups in total. The summed E-state index contributed by atoms with van der Waals surface area (Å²) in [7, 11) is 0. The van der Waals surface area contributed by atoms with E-state index in [0.29, 0.717) is 22.7 Å². The van der Waals surface area contributed by atoms with E-state index >= 15 is 0 Å². The summed E-state index contributed by atoms with van der Waals surface area (Å²) in [6, 6.07) is 4.95. The number of rotatable bonds is 3. The third-order valence-corrected chi connectivity index (χ3v) is 2.82. The number of hydrogen-bond donors (Lipinski definition) is 3. The molecule has 0 spiro atoms. The van der Waals surface area contributed by atoms with Gasteiger partial charge in [0.15, 0.2) is 22.9 Å². The van der Waals surface area contributed by atoms with Crippen LogP contribution in [0.3, 0.4) is 0 Å². The van der Waals surface area contributed by atoms with Crippen molar-refractivity contribution in [3.8, 4) is 0 Å². The fraction of sp³-hybridized carbons (Fsp3) is 0.0769. The Kier molecular flexibility index (Phi) is 2.90. The molecule has 0 saturated heterocycles. The Morgan fingerprint density at radius 2 is 2.19 bits per heavy atom. The van der Waals surface area contributed by atoms with Crippen molar-refractivity contribution in [3.05, 3.63) is 41.8 Å². The SMILES string of the molecule is Cc1nc2cc(NC(=O)c3nc[nH]c3C(=O)O)ccc2o1. The highest BCUT2D eigenvalue weighted by Crippen LogP contribution is 2.20. The van der Waals surface area contributed by atoms with Gasteiger partial charge in [-0.05, 0) is 18.2 Å². The number of hydrogen-bond acceptors (Lipinski definition) is 5. The maximum Gasteiger partial charge on any atom is 0.354 e. The average molecular weight is 286 g/mol. The number of fused-ring (bicyclic) bond motifs is 1. The van der Waals surface area contributed by atoms with Gasteiger partial charge in [-0.2, -0.15) is 0 Å². The lowest BCUT2D eigenvalue weighted by Crippen LogP contribution is -2.16. The van der Waals surface area contributed by atoms with E-state index < -0.39 is 11.9 Å². The van der Waals surface area contributed by atoms with E-state index in [1.54, 1.807) is 25.1 Å². The van der Waals surface area contributed by atoms with Crippen LogP contribution in [0, 0.1) is 6.92 Å². The molecule has 0 aliphatic heterocycles. The van der Waals surface area contributed by atoms with Crippen LogP contribution in [0.4, 0.5) is 5.69 Å². The third-order valence-electron chi connectivity index (χ3n) is 2.82. The van der Waals surface area contributed by atoms with E-state index in [2.05, 4.69) is 20.3 Å². The number of aromatic carboxylic acids is 1. The van der Waals surface area contributed by atoms with Crippen LogP contribution >= 0.6 is 0 Å². The van der Waals surface area contributed by atoms with Gasteiger partial charge in [0.2, 0.25) is 0 Å². The molecule has 8 nitrogen and oxygen atoms in total. The summed E-state index contributed by atoms with van der Waals surface area (Å²) in [5.41, 5.74) is 1.24. The fourth-order valence-corrected chi connectivity index (χ4v) is 1.94. The van der Waals surface area contributed by atoms with Gasteiger partial charge in [-0.1, -0.05) is 0 Å². The first-order valence-electron chi connectivity index (χ1n) is 6.00. The number of amides is 1. The van der Waals surface area contributed by atoms with Gasteiger partial charge < -0.3 is 19.8 Å². The van der Waals surface area contributed by atoms with Gasteiger partial charge in [0.25, 0.3) is 5.91 Å². The number of carbonyl (C=O) groups excluding carboxylic acids is 1. The maximum absolute atomic E-state index is 12.0. The molecule has 8 heteroatoms. The topological polar surface area (TPSA) is 121 Å². The molecular formula is C13H10N4O4. The number of benzene rings is 1. The van der Waals surface area contributed by atoms with Crippen molar-refractivity contribution in [2.45, 2.75) is 6.92 Å². The molecule has 0 aliphatic carbocycles. The monoisotopic (exact) mass is 286 g/mol. The Labute approximate surface area is 117 Å². The van der Waals surface area contributed by atoms with Crippen molar-refractivity contribution in [1.29, 1.82) is 0 Å². The molecule has 0 radical (unpaired) electrons. The van der Waals surface area contributed by atoms with Crippen LogP contribution in [0.5, 0.6) is 0 Å². The van der Waals surface area contributed by atoms with E-state index in [-0.39, 0.29) is 11.4 Å². The summed E-state index contributed by atoms with van der Waals surface area (Å²) < 4.78 is 5.33. The van der Waals surface area contributed by atoms with Crippen molar-refractivity contribution in [3.63, 3.8) is 0 Å². The van der Waals surface area contributed by atoms with E-state index in [1.165, 1.54) is 0 Å². The summed E-state index contributed by atoms with van der Waals surface area (Å²) >= 11 is 0. The minimum Gasteiger partial charge on any atom is -0.477 e. The number of nitrogens with one attached hydrogen (secondary N) is 2. The molecule has 106 valence electrons. The molecule has 1 aromatic carbocycles. The van der Waals surface area contributed by atoms with Gasteiger partial charge >= 0.3 is 5.97 Å². The molecule has 0 bridgehead atoms. The molecule has 0 saturated carbocycles. The highest BCUT2D eigenvalue weighted by molar-refractivity contribution is 6.09. The molecule has 0 fully saturated rings. The zero-order chi connectivity index (χ0) is 15.0. The highest BCUT2D eigenvalue weighted by atomic mass is 16.4. The van der Waals surface area contributed by atoms with Crippen molar-refractivity contribution in [1.82, 2.24) is 15.0 Å². The van der Waals surface area contributed by atoms with Crippen LogP contribution in [0.2, 0.25) is 0 Å². The number of aromatic amines is 1. The minimum absolute atomic E-state index is 0.182. The first kappa shape index (κ1) is 12.9. The standard InChI is InChI=1S/C13H10N4O4/c1-6-16-8-4-7(2-3-9(8)21-6)17-12(18)10-11(13(19)20)15-5-14-10/h2-5H,1H3,(H,14,15)(H,17,18)(H,19,20). The van der Waals surface area contributed by atoms with Gasteiger partial charge in [0.05, 0.1) is 6.33 Å². The van der Waals surface area contributed by atoms with Crippen molar-refractivity contribution in [2.75, 3.05) is 5.32 Å². The number of carboxylic acids is 1. The quantitative estimate of drug-likeness (QED) is 0.675. The molecule has 3 rings (SSSR count). The third kappa shape index (κ3) is 2.34. The predicted molar refractivity (Wildman–Crippen MR) is 72.2 cm³/mol. The lowest BCUT2D eigenvalue weighted by Gasteiger charge is -2.03. The van der Waals surface area contributed by atoms with Crippen LogP contribution in [-0.2, 0) is 0 Å². The van der Waals surface area contributed by atoms with Crippen molar-refractivity contribution < 1.29 is 19.1 Å². The number of nitrogens with zero attached hydrogens (tertiary/aromatic N) is 2. The number of oxazole rings is 1. The fourth-order valence-electron chi connectivity index (χ4n) is 1.94. The second kappa shape index (κ2) is 4.75. The predicted octanol–water partition coefficient (Wildman–Crippen LogP) is 1.81. The molecule has 2 aromatic heterocycles. The maximum atomic E-state index is 12.0. The molecular weight excluding hydrogens is 276 g/mol. The summed E-state index contributed by atoms with van der Waals surface area (Å²) in [6.07, 6.45) is 1.16. The summed E-state index contributed by atoms with van der Waals surface area (Å²) in [5, 5.41) is 11.5. The molecule has 2 heterocycles. The Balaban J connectivity index is 1.88. The Morgan fingerprint density at radius 3 is 2.95 bits per heavy atom. The van der Waals surface area contributed by atoms with E-state index in [9.17, 15) is 9.59 Å². The zero-order valence-corrected chi connectivity index (χ0v) is 10.9. The number of imidazole rings is 1. The number of H-pyrrole nitrogens is 1. The van der Waals surface area contributed by atoms with Gasteiger partial charge in [0.1, 0.15) is 5.52 Å². The molecule has 1 amide bonds. The second-order valence-corrected chi connectivity index (χ2v) is 4.30. The first-order valence-corrected chi connectivity index (χ1v) is 6.00. The first-order chi connectivity index (χ1) is 10.0. The van der Waals surface area contributed by atoms with Gasteiger partial charge in [-0.25, -0.2) is 14.8 Å². The van der Waals surface area contributed by atoms with Gasteiger partial charge in [-0.15, -0.1) is 0 Å². The largest absolute Gasteiger partial charge is 0.477 e. The molecule has 0 unspecified atom stereocenters. The second-order valence-electron chi connectivity index (χ2n) is 4.30. The lowest BCUT2D eigenvalue weighted by atomic mass is 10.2. The van der Waals surface area contributed by atoms with Crippen LogP contribution in [0.1, 0.15) is 26.9 Å². The van der Waals surface area contributed by atoms with Crippen LogP contribution in [-0.4, -0.2) is 31.9 Å². The number of carbonyl (C=O) groups is 2. The zero-order valence-electron chi connectivity index (χ0n) is 10.9. The smallest absolute Gasteiger partial charge is 0.354 e. The molecule has 21 heavy (non-hydrogen) atoms. The Morgan fingerprint density at radius 1 is 1.38 bits per heavy atom. The van der Waals surface area contributed by atoms with Gasteiger partial charge in [-0.3, -0.25) is 4.79 Å². The molecule has 0 atom stereocenters. The molecule has 3 aromatic rings. The number of aromatic nitrogens is 3. The number of carboxylic acid groups (broad SMARTS) is 1. The van der Waals surface area contributed by atoms with Crippen LogP contribution < -0.4 is 5.32 Å². The van der Waals surface area contributed by atoms with E-state index in [0.717, 1.165) is 6.33 Å². The number of aryl methyl sites for hydroxylation is 1. The van der Waals surface area contributed by atoms with E-state index in [1.807, 2.05) is 0 Å². The number of anilines is 1. The van der Waals surface area contributed by atoms with Crippen molar-refractivity contribution in [2.24, 2.45) is 0 Å². The van der Waals surface area contributed by atoms with E-state index in [4.69, 9.17) is 9.52 Å².